The highest BCUT2D eigenvalue weighted by Gasteiger charge is 2.14. The first kappa shape index (κ1) is 8.26. The van der Waals surface area contributed by atoms with Crippen LogP contribution < -0.4 is 5.32 Å². The molecule has 0 aliphatic carbocycles. The molecule has 0 bridgehead atoms. The SMILES string of the molecule is O=C1NCC(Cl)=Nc2ccccc21. The Morgan fingerprint density at radius 3 is 3.00 bits per heavy atom. The summed E-state index contributed by atoms with van der Waals surface area (Å²) in [6.45, 7) is 0.301. The summed E-state index contributed by atoms with van der Waals surface area (Å²) in [6.07, 6.45) is 0. The fourth-order valence-electron chi connectivity index (χ4n) is 1.18. The number of aliphatic imine (C=N–C) groups is 1. The van der Waals surface area contributed by atoms with Crippen molar-refractivity contribution >= 4 is 28.4 Å². The van der Waals surface area contributed by atoms with Crippen molar-refractivity contribution in [2.24, 2.45) is 4.99 Å². The summed E-state index contributed by atoms with van der Waals surface area (Å²) in [5.41, 5.74) is 1.20. The van der Waals surface area contributed by atoms with Crippen molar-refractivity contribution in [1.82, 2.24) is 5.32 Å². The highest BCUT2D eigenvalue weighted by Crippen LogP contribution is 2.20. The third-order valence-corrected chi connectivity index (χ3v) is 2.00. The van der Waals surface area contributed by atoms with Crippen molar-refractivity contribution in [2.75, 3.05) is 6.54 Å². The van der Waals surface area contributed by atoms with Crippen molar-refractivity contribution in [1.29, 1.82) is 0 Å². The second-order valence-electron chi connectivity index (χ2n) is 2.69. The van der Waals surface area contributed by atoms with Crippen molar-refractivity contribution in [3.8, 4) is 0 Å². The zero-order chi connectivity index (χ0) is 9.26. The molecule has 0 aromatic heterocycles. The predicted octanol–water partition coefficient (Wildman–Crippen LogP) is 1.70. The van der Waals surface area contributed by atoms with Crippen molar-refractivity contribution in [3.63, 3.8) is 0 Å². The molecule has 3 nitrogen and oxygen atoms in total. The van der Waals surface area contributed by atoms with E-state index in [1.807, 2.05) is 6.07 Å². The van der Waals surface area contributed by atoms with Crippen LogP contribution in [0.1, 0.15) is 10.4 Å². The van der Waals surface area contributed by atoms with Crippen LogP contribution in [-0.2, 0) is 0 Å². The summed E-state index contributed by atoms with van der Waals surface area (Å²) >= 11 is 5.75. The lowest BCUT2D eigenvalue weighted by atomic mass is 10.2. The van der Waals surface area contributed by atoms with Crippen LogP contribution in [0.2, 0.25) is 0 Å². The third kappa shape index (κ3) is 1.55. The average molecular weight is 195 g/mol. The summed E-state index contributed by atoms with van der Waals surface area (Å²) in [5.74, 6) is -0.130. The van der Waals surface area contributed by atoms with E-state index in [2.05, 4.69) is 10.3 Å². The molecule has 1 N–H and O–H groups in total. The Labute approximate surface area is 80.4 Å². The highest BCUT2D eigenvalue weighted by atomic mass is 35.5. The minimum Gasteiger partial charge on any atom is -0.345 e. The largest absolute Gasteiger partial charge is 0.345 e. The van der Waals surface area contributed by atoms with E-state index in [0.29, 0.717) is 23.0 Å². The molecule has 0 atom stereocenters. The summed E-state index contributed by atoms with van der Waals surface area (Å²) < 4.78 is 0. The predicted molar refractivity (Wildman–Crippen MR) is 51.7 cm³/mol. The molecule has 0 saturated heterocycles. The van der Waals surface area contributed by atoms with E-state index >= 15 is 0 Å². The molecule has 0 unspecified atom stereocenters. The summed E-state index contributed by atoms with van der Waals surface area (Å²) in [7, 11) is 0. The van der Waals surface area contributed by atoms with Gasteiger partial charge in [0.05, 0.1) is 17.8 Å². The lowest BCUT2D eigenvalue weighted by Crippen LogP contribution is -2.25. The zero-order valence-corrected chi connectivity index (χ0v) is 7.51. The maximum absolute atomic E-state index is 11.4. The van der Waals surface area contributed by atoms with Crippen LogP contribution in [0.25, 0.3) is 0 Å². The molecule has 66 valence electrons. The molecule has 1 heterocycles. The smallest absolute Gasteiger partial charge is 0.253 e. The molecular formula is C9H7ClN2O. The van der Waals surface area contributed by atoms with E-state index in [1.54, 1.807) is 18.2 Å². The number of para-hydroxylation sites is 1. The number of nitrogens with one attached hydrogen (secondary N) is 1. The Kier molecular flexibility index (Phi) is 2.02. The first-order chi connectivity index (χ1) is 6.27. The van der Waals surface area contributed by atoms with Gasteiger partial charge in [-0.25, -0.2) is 4.99 Å². The number of halogens is 1. The number of hydrogen-bond donors (Lipinski definition) is 1. The van der Waals surface area contributed by atoms with Crippen LogP contribution in [0.3, 0.4) is 0 Å². The first-order valence-corrected chi connectivity index (χ1v) is 4.25. The van der Waals surface area contributed by atoms with Gasteiger partial charge >= 0.3 is 0 Å². The maximum Gasteiger partial charge on any atom is 0.253 e. The van der Waals surface area contributed by atoms with E-state index in [-0.39, 0.29) is 5.91 Å². The second kappa shape index (κ2) is 3.18. The van der Waals surface area contributed by atoms with Gasteiger partial charge in [0.25, 0.3) is 5.91 Å². The fraction of sp³-hybridized carbons (Fsp3) is 0.111. The van der Waals surface area contributed by atoms with Crippen molar-refractivity contribution in [2.45, 2.75) is 0 Å². The topological polar surface area (TPSA) is 41.5 Å². The molecule has 0 saturated carbocycles. The number of carbonyl (C=O) groups is 1. The molecule has 1 aromatic carbocycles. The molecule has 2 rings (SSSR count). The minimum absolute atomic E-state index is 0.130. The van der Waals surface area contributed by atoms with Gasteiger partial charge in [0.2, 0.25) is 0 Å². The summed E-state index contributed by atoms with van der Waals surface area (Å²) in [4.78, 5) is 15.5. The van der Waals surface area contributed by atoms with E-state index in [4.69, 9.17) is 11.6 Å². The Morgan fingerprint density at radius 1 is 1.38 bits per heavy atom. The quantitative estimate of drug-likeness (QED) is 0.671. The van der Waals surface area contributed by atoms with E-state index < -0.39 is 0 Å². The number of hydrogen-bond acceptors (Lipinski definition) is 2. The van der Waals surface area contributed by atoms with Crippen LogP contribution in [0, 0.1) is 0 Å². The molecule has 0 fully saturated rings. The van der Waals surface area contributed by atoms with Gasteiger partial charge in [-0.3, -0.25) is 4.79 Å². The van der Waals surface area contributed by atoms with Crippen molar-refractivity contribution < 1.29 is 4.79 Å². The van der Waals surface area contributed by atoms with Gasteiger partial charge in [0.15, 0.2) is 0 Å². The molecular weight excluding hydrogens is 188 g/mol. The molecule has 1 aromatic rings. The van der Waals surface area contributed by atoms with E-state index in [9.17, 15) is 4.79 Å². The standard InChI is InChI=1S/C9H7ClN2O/c10-8-5-11-9(13)6-3-1-2-4-7(6)12-8/h1-4H,5H2,(H,11,13). The monoisotopic (exact) mass is 194 g/mol. The van der Waals surface area contributed by atoms with Crippen LogP contribution in [-0.4, -0.2) is 17.6 Å². The molecule has 13 heavy (non-hydrogen) atoms. The minimum atomic E-state index is -0.130. The number of amides is 1. The van der Waals surface area contributed by atoms with E-state index in [1.165, 1.54) is 0 Å². The van der Waals surface area contributed by atoms with Crippen LogP contribution in [0.15, 0.2) is 29.3 Å². The maximum atomic E-state index is 11.4. The summed E-state index contributed by atoms with van der Waals surface area (Å²) in [6, 6.07) is 7.12. The Balaban J connectivity index is 2.57. The Morgan fingerprint density at radius 2 is 2.15 bits per heavy atom. The van der Waals surface area contributed by atoms with Crippen LogP contribution in [0.4, 0.5) is 5.69 Å². The first-order valence-electron chi connectivity index (χ1n) is 3.87. The molecule has 1 amide bonds. The third-order valence-electron chi connectivity index (χ3n) is 1.79. The van der Waals surface area contributed by atoms with Crippen LogP contribution >= 0.6 is 11.6 Å². The highest BCUT2D eigenvalue weighted by molar-refractivity contribution is 6.66. The second-order valence-corrected chi connectivity index (χ2v) is 3.12. The number of carbonyl (C=O) groups excluding carboxylic acids is 1. The van der Waals surface area contributed by atoms with E-state index in [0.717, 1.165) is 0 Å². The average Bonchev–Trinajstić information content (AvgIpc) is 2.27. The Bertz CT molecular complexity index is 387. The van der Waals surface area contributed by atoms with Gasteiger partial charge < -0.3 is 5.32 Å². The molecule has 0 radical (unpaired) electrons. The van der Waals surface area contributed by atoms with Gasteiger partial charge in [-0.2, -0.15) is 0 Å². The molecule has 4 heteroatoms. The van der Waals surface area contributed by atoms with Crippen molar-refractivity contribution in [3.05, 3.63) is 29.8 Å². The fourth-order valence-corrected chi connectivity index (χ4v) is 1.34. The number of benzene rings is 1. The zero-order valence-electron chi connectivity index (χ0n) is 6.75. The van der Waals surface area contributed by atoms with Gasteiger partial charge in [-0.1, -0.05) is 23.7 Å². The number of fused-ring (bicyclic) bond motifs is 1. The summed E-state index contributed by atoms with van der Waals surface area (Å²) in [5, 5.41) is 3.05. The molecule has 1 aliphatic heterocycles. The lowest BCUT2D eigenvalue weighted by molar-refractivity contribution is 0.0961. The van der Waals surface area contributed by atoms with Gasteiger partial charge in [-0.05, 0) is 12.1 Å². The molecule has 0 spiro atoms. The molecule has 1 aliphatic rings. The number of nitrogens with zero attached hydrogens (tertiary/aromatic N) is 1. The lowest BCUT2D eigenvalue weighted by Gasteiger charge is -1.99. The van der Waals surface area contributed by atoms with Gasteiger partial charge in [0, 0.05) is 0 Å². The van der Waals surface area contributed by atoms with Gasteiger partial charge in [0.1, 0.15) is 5.17 Å². The van der Waals surface area contributed by atoms with Crippen LogP contribution in [0.5, 0.6) is 0 Å². The normalized spacial score (nSPS) is 15.5. The van der Waals surface area contributed by atoms with Gasteiger partial charge in [-0.15, -0.1) is 0 Å². The number of rotatable bonds is 0. The Hall–Kier alpha value is -1.35.